The van der Waals surface area contributed by atoms with E-state index in [1.165, 1.54) is 32.1 Å². The molecular weight excluding hydrogens is 164 g/mol. The fraction of sp³-hybridized carbons (Fsp3) is 0.900. The van der Waals surface area contributed by atoms with Gasteiger partial charge in [-0.15, -0.1) is 0 Å². The Labute approximate surface area is 80.3 Å². The molecule has 1 atom stereocenters. The summed E-state index contributed by atoms with van der Waals surface area (Å²) < 4.78 is 0. The lowest BCUT2D eigenvalue weighted by molar-refractivity contribution is -0.120. The first-order valence-corrected chi connectivity index (χ1v) is 5.26. The molecule has 1 unspecified atom stereocenters. The molecule has 1 aliphatic rings. The predicted molar refractivity (Wildman–Crippen MR) is 53.3 cm³/mol. The van der Waals surface area contributed by atoms with Crippen LogP contribution in [0.5, 0.6) is 0 Å². The van der Waals surface area contributed by atoms with Gasteiger partial charge in [0, 0.05) is 6.04 Å². The minimum Gasteiger partial charge on any atom is -0.369 e. The van der Waals surface area contributed by atoms with E-state index in [-0.39, 0.29) is 5.91 Å². The summed E-state index contributed by atoms with van der Waals surface area (Å²) in [4.78, 5) is 13.0. The van der Waals surface area contributed by atoms with Crippen LogP contribution < -0.4 is 5.73 Å². The first-order chi connectivity index (χ1) is 6.24. The third-order valence-electron chi connectivity index (χ3n) is 2.73. The first kappa shape index (κ1) is 10.5. The second kappa shape index (κ2) is 5.22. The fourth-order valence-electron chi connectivity index (χ4n) is 2.13. The van der Waals surface area contributed by atoms with Crippen molar-refractivity contribution in [3.8, 4) is 0 Å². The standard InChI is InChI=1S/C10H20N2O/c1-2-5-9-6-3-4-7-12(9)8-10(11)13/h9H,2-8H2,1H3,(H2,11,13). The van der Waals surface area contributed by atoms with Gasteiger partial charge in [0.05, 0.1) is 6.54 Å². The fourth-order valence-corrected chi connectivity index (χ4v) is 2.13. The molecule has 76 valence electrons. The van der Waals surface area contributed by atoms with Crippen molar-refractivity contribution in [2.45, 2.75) is 45.1 Å². The van der Waals surface area contributed by atoms with Gasteiger partial charge in [0.1, 0.15) is 0 Å². The minimum atomic E-state index is -0.192. The zero-order valence-corrected chi connectivity index (χ0v) is 8.46. The predicted octanol–water partition coefficient (Wildman–Crippen LogP) is 1.13. The molecule has 13 heavy (non-hydrogen) atoms. The van der Waals surface area contributed by atoms with Crippen LogP contribution in [0, 0.1) is 0 Å². The van der Waals surface area contributed by atoms with E-state index < -0.39 is 0 Å². The van der Waals surface area contributed by atoms with Crippen molar-refractivity contribution in [3.05, 3.63) is 0 Å². The number of amides is 1. The molecule has 0 aromatic rings. The monoisotopic (exact) mass is 184 g/mol. The number of nitrogens with two attached hydrogens (primary N) is 1. The van der Waals surface area contributed by atoms with Crippen LogP contribution in [-0.4, -0.2) is 29.9 Å². The van der Waals surface area contributed by atoms with E-state index in [0.717, 1.165) is 6.54 Å². The summed E-state index contributed by atoms with van der Waals surface area (Å²) in [5, 5.41) is 0. The van der Waals surface area contributed by atoms with Gasteiger partial charge >= 0.3 is 0 Å². The van der Waals surface area contributed by atoms with Crippen LogP contribution in [0.3, 0.4) is 0 Å². The van der Waals surface area contributed by atoms with Gasteiger partial charge in [-0.05, 0) is 25.8 Å². The van der Waals surface area contributed by atoms with Crippen LogP contribution in [0.25, 0.3) is 0 Å². The van der Waals surface area contributed by atoms with Crippen LogP contribution in [0.2, 0.25) is 0 Å². The molecule has 0 bridgehead atoms. The Morgan fingerprint density at radius 2 is 2.31 bits per heavy atom. The molecule has 0 radical (unpaired) electrons. The van der Waals surface area contributed by atoms with Gasteiger partial charge in [0.25, 0.3) is 0 Å². The van der Waals surface area contributed by atoms with E-state index in [2.05, 4.69) is 11.8 Å². The van der Waals surface area contributed by atoms with E-state index in [1.807, 2.05) is 0 Å². The number of hydrogen-bond acceptors (Lipinski definition) is 2. The molecule has 3 heteroatoms. The maximum atomic E-state index is 10.8. The smallest absolute Gasteiger partial charge is 0.231 e. The van der Waals surface area contributed by atoms with E-state index in [0.29, 0.717) is 12.6 Å². The molecule has 0 aliphatic carbocycles. The van der Waals surface area contributed by atoms with Crippen molar-refractivity contribution in [1.29, 1.82) is 0 Å². The van der Waals surface area contributed by atoms with Crippen molar-refractivity contribution in [2.24, 2.45) is 5.73 Å². The lowest BCUT2D eigenvalue weighted by Crippen LogP contribution is -2.44. The maximum Gasteiger partial charge on any atom is 0.231 e. The van der Waals surface area contributed by atoms with Gasteiger partial charge in [-0.2, -0.15) is 0 Å². The largest absolute Gasteiger partial charge is 0.369 e. The highest BCUT2D eigenvalue weighted by Gasteiger charge is 2.22. The second-order valence-corrected chi connectivity index (χ2v) is 3.88. The summed E-state index contributed by atoms with van der Waals surface area (Å²) in [5.74, 6) is -0.192. The molecule has 1 aliphatic heterocycles. The molecule has 1 rings (SSSR count). The average Bonchev–Trinajstić information content (AvgIpc) is 2.08. The second-order valence-electron chi connectivity index (χ2n) is 3.88. The molecule has 0 spiro atoms. The lowest BCUT2D eigenvalue weighted by atomic mass is 9.98. The van der Waals surface area contributed by atoms with Gasteiger partial charge < -0.3 is 5.73 Å². The molecule has 0 saturated carbocycles. The summed E-state index contributed by atoms with van der Waals surface area (Å²) in [5.41, 5.74) is 5.20. The van der Waals surface area contributed by atoms with E-state index >= 15 is 0 Å². The topological polar surface area (TPSA) is 46.3 Å². The number of rotatable bonds is 4. The van der Waals surface area contributed by atoms with Gasteiger partial charge in [-0.3, -0.25) is 9.69 Å². The summed E-state index contributed by atoms with van der Waals surface area (Å²) in [7, 11) is 0. The van der Waals surface area contributed by atoms with E-state index in [4.69, 9.17) is 5.73 Å². The summed E-state index contributed by atoms with van der Waals surface area (Å²) in [6, 6.07) is 0.603. The molecule has 1 fully saturated rings. The third-order valence-corrected chi connectivity index (χ3v) is 2.73. The Bertz CT molecular complexity index is 168. The SMILES string of the molecule is CCCC1CCCCN1CC(N)=O. The van der Waals surface area contributed by atoms with Crippen molar-refractivity contribution >= 4 is 5.91 Å². The number of carbonyl (C=O) groups is 1. The number of nitrogens with zero attached hydrogens (tertiary/aromatic N) is 1. The van der Waals surface area contributed by atoms with Crippen LogP contribution in [0.15, 0.2) is 0 Å². The Morgan fingerprint density at radius 3 is 2.92 bits per heavy atom. The summed E-state index contributed by atoms with van der Waals surface area (Å²) >= 11 is 0. The summed E-state index contributed by atoms with van der Waals surface area (Å²) in [6.45, 7) is 3.69. The van der Waals surface area contributed by atoms with Crippen molar-refractivity contribution in [3.63, 3.8) is 0 Å². The quantitative estimate of drug-likeness (QED) is 0.712. The maximum absolute atomic E-state index is 10.8. The highest BCUT2D eigenvalue weighted by molar-refractivity contribution is 5.75. The number of piperidine rings is 1. The lowest BCUT2D eigenvalue weighted by Gasteiger charge is -2.34. The number of primary amides is 1. The van der Waals surface area contributed by atoms with Gasteiger partial charge in [-0.1, -0.05) is 19.8 Å². The minimum absolute atomic E-state index is 0.192. The van der Waals surface area contributed by atoms with E-state index in [1.54, 1.807) is 0 Å². The highest BCUT2D eigenvalue weighted by Crippen LogP contribution is 2.19. The van der Waals surface area contributed by atoms with Crippen LogP contribution >= 0.6 is 0 Å². The zero-order chi connectivity index (χ0) is 9.68. The normalized spacial score (nSPS) is 24.5. The Hall–Kier alpha value is -0.570. The van der Waals surface area contributed by atoms with Crippen LogP contribution in [0.1, 0.15) is 39.0 Å². The Balaban J connectivity index is 2.41. The van der Waals surface area contributed by atoms with Crippen molar-refractivity contribution in [1.82, 2.24) is 4.90 Å². The zero-order valence-electron chi connectivity index (χ0n) is 8.46. The highest BCUT2D eigenvalue weighted by atomic mass is 16.1. The molecule has 2 N–H and O–H groups in total. The number of likely N-dealkylation sites (tertiary alicyclic amines) is 1. The number of carbonyl (C=O) groups excluding carboxylic acids is 1. The first-order valence-electron chi connectivity index (χ1n) is 5.26. The van der Waals surface area contributed by atoms with Crippen molar-refractivity contribution < 1.29 is 4.79 Å². The average molecular weight is 184 g/mol. The van der Waals surface area contributed by atoms with Gasteiger partial charge in [-0.25, -0.2) is 0 Å². The molecule has 0 aromatic carbocycles. The molecule has 3 nitrogen and oxygen atoms in total. The molecule has 0 aromatic heterocycles. The van der Waals surface area contributed by atoms with Gasteiger partial charge in [0.2, 0.25) is 5.91 Å². The molecular formula is C10H20N2O. The van der Waals surface area contributed by atoms with Crippen LogP contribution in [-0.2, 0) is 4.79 Å². The van der Waals surface area contributed by atoms with Gasteiger partial charge in [0.15, 0.2) is 0 Å². The van der Waals surface area contributed by atoms with Crippen molar-refractivity contribution in [2.75, 3.05) is 13.1 Å². The summed E-state index contributed by atoms with van der Waals surface area (Å²) in [6.07, 6.45) is 6.15. The Kier molecular flexibility index (Phi) is 4.22. The number of hydrogen-bond donors (Lipinski definition) is 1. The van der Waals surface area contributed by atoms with E-state index in [9.17, 15) is 4.79 Å². The van der Waals surface area contributed by atoms with Crippen LogP contribution in [0.4, 0.5) is 0 Å². The third kappa shape index (κ3) is 3.35. The Morgan fingerprint density at radius 1 is 1.54 bits per heavy atom. The molecule has 1 saturated heterocycles. The molecule has 1 heterocycles. The molecule has 1 amide bonds.